The normalized spacial score (nSPS) is 21.7. The molecular weight excluding hydrogens is 220 g/mol. The smallest absolute Gasteiger partial charge is 0.208 e. The lowest BCUT2D eigenvalue weighted by Gasteiger charge is -2.32. The standard InChI is InChI=1S/C11H20N4S/c1-9(2)12-6-10-4-3-5-15(7-10)11-14-13-8-16-11/h8-10,12H,3-7H2,1-2H3. The minimum Gasteiger partial charge on any atom is -0.346 e. The molecule has 2 heterocycles. The zero-order valence-electron chi connectivity index (χ0n) is 10.0. The molecule has 16 heavy (non-hydrogen) atoms. The van der Waals surface area contributed by atoms with Gasteiger partial charge in [-0.25, -0.2) is 0 Å². The van der Waals surface area contributed by atoms with E-state index in [2.05, 4.69) is 34.3 Å². The van der Waals surface area contributed by atoms with Gasteiger partial charge in [0.05, 0.1) is 0 Å². The molecule has 0 amide bonds. The Morgan fingerprint density at radius 1 is 1.62 bits per heavy atom. The van der Waals surface area contributed by atoms with Gasteiger partial charge in [-0.3, -0.25) is 0 Å². The second kappa shape index (κ2) is 5.59. The van der Waals surface area contributed by atoms with E-state index in [0.717, 1.165) is 30.7 Å². The van der Waals surface area contributed by atoms with Crippen molar-refractivity contribution in [3.63, 3.8) is 0 Å². The topological polar surface area (TPSA) is 41.0 Å². The van der Waals surface area contributed by atoms with E-state index in [-0.39, 0.29) is 0 Å². The Kier molecular flexibility index (Phi) is 4.12. The van der Waals surface area contributed by atoms with Crippen molar-refractivity contribution in [3.05, 3.63) is 5.51 Å². The molecule has 5 heteroatoms. The van der Waals surface area contributed by atoms with Crippen molar-refractivity contribution in [3.8, 4) is 0 Å². The number of anilines is 1. The zero-order valence-corrected chi connectivity index (χ0v) is 10.8. The van der Waals surface area contributed by atoms with E-state index in [1.165, 1.54) is 12.8 Å². The van der Waals surface area contributed by atoms with Crippen LogP contribution >= 0.6 is 11.3 Å². The summed E-state index contributed by atoms with van der Waals surface area (Å²) in [5.41, 5.74) is 1.81. The van der Waals surface area contributed by atoms with Crippen LogP contribution in [0.3, 0.4) is 0 Å². The zero-order chi connectivity index (χ0) is 11.4. The van der Waals surface area contributed by atoms with Gasteiger partial charge < -0.3 is 10.2 Å². The molecule has 1 aliphatic heterocycles. The second-order valence-electron chi connectivity index (χ2n) is 4.74. The van der Waals surface area contributed by atoms with Crippen LogP contribution in [0.15, 0.2) is 5.51 Å². The summed E-state index contributed by atoms with van der Waals surface area (Å²) in [6, 6.07) is 0.580. The largest absolute Gasteiger partial charge is 0.346 e. The summed E-state index contributed by atoms with van der Waals surface area (Å²) >= 11 is 1.64. The summed E-state index contributed by atoms with van der Waals surface area (Å²) in [4.78, 5) is 2.37. The van der Waals surface area contributed by atoms with Crippen molar-refractivity contribution >= 4 is 16.5 Å². The van der Waals surface area contributed by atoms with Gasteiger partial charge in [-0.15, -0.1) is 10.2 Å². The van der Waals surface area contributed by atoms with Crippen molar-refractivity contribution in [1.82, 2.24) is 15.5 Å². The van der Waals surface area contributed by atoms with Crippen molar-refractivity contribution in [2.24, 2.45) is 5.92 Å². The van der Waals surface area contributed by atoms with Crippen LogP contribution in [-0.4, -0.2) is 35.9 Å². The molecule has 0 saturated carbocycles. The van der Waals surface area contributed by atoms with E-state index in [0.29, 0.717) is 6.04 Å². The first-order valence-electron chi connectivity index (χ1n) is 6.00. The Morgan fingerprint density at radius 2 is 2.50 bits per heavy atom. The summed E-state index contributed by atoms with van der Waals surface area (Å²) in [7, 11) is 0. The quantitative estimate of drug-likeness (QED) is 0.870. The van der Waals surface area contributed by atoms with Crippen LogP contribution in [0.25, 0.3) is 0 Å². The number of hydrogen-bond acceptors (Lipinski definition) is 5. The van der Waals surface area contributed by atoms with Crippen molar-refractivity contribution in [2.75, 3.05) is 24.5 Å². The molecule has 1 fully saturated rings. The Balaban J connectivity index is 1.84. The predicted octanol–water partition coefficient (Wildman–Crippen LogP) is 1.75. The predicted molar refractivity (Wildman–Crippen MR) is 68.0 cm³/mol. The summed E-state index contributed by atoms with van der Waals surface area (Å²) in [6.45, 7) is 7.77. The van der Waals surface area contributed by atoms with Gasteiger partial charge in [-0.1, -0.05) is 25.2 Å². The van der Waals surface area contributed by atoms with Crippen LogP contribution in [0.5, 0.6) is 0 Å². The van der Waals surface area contributed by atoms with E-state index < -0.39 is 0 Å². The molecule has 1 aromatic rings. The monoisotopic (exact) mass is 240 g/mol. The minimum absolute atomic E-state index is 0.580. The van der Waals surface area contributed by atoms with E-state index >= 15 is 0 Å². The van der Waals surface area contributed by atoms with Gasteiger partial charge in [0.2, 0.25) is 5.13 Å². The molecule has 0 radical (unpaired) electrons. The van der Waals surface area contributed by atoms with Gasteiger partial charge in [0, 0.05) is 19.1 Å². The lowest BCUT2D eigenvalue weighted by Crippen LogP contribution is -2.41. The maximum Gasteiger partial charge on any atom is 0.208 e. The third-order valence-corrected chi connectivity index (χ3v) is 3.70. The van der Waals surface area contributed by atoms with Crippen LogP contribution in [0, 0.1) is 5.92 Å². The van der Waals surface area contributed by atoms with Crippen LogP contribution in [-0.2, 0) is 0 Å². The number of nitrogens with one attached hydrogen (secondary N) is 1. The Morgan fingerprint density at radius 3 is 3.19 bits per heavy atom. The first-order valence-corrected chi connectivity index (χ1v) is 6.88. The fourth-order valence-electron chi connectivity index (χ4n) is 2.11. The van der Waals surface area contributed by atoms with E-state index in [1.54, 1.807) is 11.3 Å². The average molecular weight is 240 g/mol. The highest BCUT2D eigenvalue weighted by molar-refractivity contribution is 7.13. The molecule has 2 rings (SSSR count). The van der Waals surface area contributed by atoms with Gasteiger partial charge in [0.25, 0.3) is 0 Å². The number of rotatable bonds is 4. The maximum absolute atomic E-state index is 4.14. The molecule has 1 unspecified atom stereocenters. The molecule has 1 N–H and O–H groups in total. The summed E-state index contributed by atoms with van der Waals surface area (Å²) in [6.07, 6.45) is 2.60. The number of nitrogens with zero attached hydrogens (tertiary/aromatic N) is 3. The number of piperidine rings is 1. The Bertz CT molecular complexity index is 299. The van der Waals surface area contributed by atoms with Gasteiger partial charge in [0.1, 0.15) is 5.51 Å². The molecule has 1 aromatic heterocycles. The van der Waals surface area contributed by atoms with Crippen LogP contribution in [0.1, 0.15) is 26.7 Å². The van der Waals surface area contributed by atoms with Crippen molar-refractivity contribution in [1.29, 1.82) is 0 Å². The third kappa shape index (κ3) is 3.15. The van der Waals surface area contributed by atoms with E-state index in [4.69, 9.17) is 0 Å². The minimum atomic E-state index is 0.580. The first kappa shape index (κ1) is 11.8. The van der Waals surface area contributed by atoms with Crippen molar-refractivity contribution < 1.29 is 0 Å². The highest BCUT2D eigenvalue weighted by Crippen LogP contribution is 2.23. The summed E-state index contributed by atoms with van der Waals surface area (Å²) in [5, 5.41) is 12.7. The SMILES string of the molecule is CC(C)NCC1CCCN(c2nncs2)C1. The molecule has 0 aromatic carbocycles. The summed E-state index contributed by atoms with van der Waals surface area (Å²) < 4.78 is 0. The maximum atomic E-state index is 4.14. The molecule has 1 atom stereocenters. The number of aromatic nitrogens is 2. The van der Waals surface area contributed by atoms with Gasteiger partial charge in [0.15, 0.2) is 0 Å². The lowest BCUT2D eigenvalue weighted by molar-refractivity contribution is 0.379. The highest BCUT2D eigenvalue weighted by atomic mass is 32.1. The Hall–Kier alpha value is -0.680. The number of hydrogen-bond donors (Lipinski definition) is 1. The third-order valence-electron chi connectivity index (χ3n) is 2.95. The van der Waals surface area contributed by atoms with Crippen LogP contribution in [0.2, 0.25) is 0 Å². The van der Waals surface area contributed by atoms with E-state index in [1.807, 2.05) is 5.51 Å². The van der Waals surface area contributed by atoms with Gasteiger partial charge in [-0.05, 0) is 25.3 Å². The molecule has 1 saturated heterocycles. The van der Waals surface area contributed by atoms with E-state index in [9.17, 15) is 0 Å². The van der Waals surface area contributed by atoms with Crippen LogP contribution < -0.4 is 10.2 Å². The molecule has 0 aliphatic carbocycles. The summed E-state index contributed by atoms with van der Waals surface area (Å²) in [5.74, 6) is 0.750. The molecule has 90 valence electrons. The highest BCUT2D eigenvalue weighted by Gasteiger charge is 2.21. The molecule has 0 bridgehead atoms. The van der Waals surface area contributed by atoms with Gasteiger partial charge in [-0.2, -0.15) is 0 Å². The molecule has 4 nitrogen and oxygen atoms in total. The Labute approximate surface area is 101 Å². The second-order valence-corrected chi connectivity index (χ2v) is 5.55. The molecule has 1 aliphatic rings. The molecular formula is C11H20N4S. The first-order chi connectivity index (χ1) is 7.75. The molecule has 0 spiro atoms. The fraction of sp³-hybridized carbons (Fsp3) is 0.818. The van der Waals surface area contributed by atoms with Gasteiger partial charge >= 0.3 is 0 Å². The van der Waals surface area contributed by atoms with Crippen molar-refractivity contribution in [2.45, 2.75) is 32.7 Å². The fourth-order valence-corrected chi connectivity index (χ4v) is 2.71. The average Bonchev–Trinajstić information content (AvgIpc) is 2.80. The van der Waals surface area contributed by atoms with Crippen LogP contribution in [0.4, 0.5) is 5.13 Å². The lowest BCUT2D eigenvalue weighted by atomic mass is 9.98.